The molecule has 2 bridgehead atoms. The first-order valence-corrected chi connectivity index (χ1v) is 10.3. The predicted octanol–water partition coefficient (Wildman–Crippen LogP) is 3.37. The van der Waals surface area contributed by atoms with Crippen LogP contribution in [0.4, 0.5) is 0 Å². The molecule has 0 saturated carbocycles. The van der Waals surface area contributed by atoms with Gasteiger partial charge in [-0.05, 0) is 62.3 Å². The highest BCUT2D eigenvalue weighted by Gasteiger charge is 2.33. The Morgan fingerprint density at radius 3 is 2.66 bits per heavy atom. The first-order chi connectivity index (χ1) is 13.6. The molecule has 0 unspecified atom stereocenters. The number of nitrogens with zero attached hydrogens (tertiary/aromatic N) is 1. The molecule has 1 aromatic carbocycles. The first-order valence-electron chi connectivity index (χ1n) is 10.3. The largest absolute Gasteiger partial charge is 0.427 e. The number of hydrogen-bond acceptors (Lipinski definition) is 4. The van der Waals surface area contributed by atoms with E-state index in [9.17, 15) is 9.59 Å². The van der Waals surface area contributed by atoms with Crippen molar-refractivity contribution in [3.8, 4) is 0 Å². The summed E-state index contributed by atoms with van der Waals surface area (Å²) in [5, 5.41) is 3.50. The molecule has 1 aromatic heterocycles. The zero-order valence-electron chi connectivity index (χ0n) is 16.9. The van der Waals surface area contributed by atoms with Gasteiger partial charge in [0.2, 0.25) is 0 Å². The van der Waals surface area contributed by atoms with E-state index in [0.29, 0.717) is 30.7 Å². The third kappa shape index (κ3) is 5.09. The fraction of sp³-hybridized carbons (Fsp3) is 0.478. The number of aryl methyl sites for hydroxylation is 3. The Labute approximate surface area is 177 Å². The van der Waals surface area contributed by atoms with E-state index in [4.69, 9.17) is 4.42 Å². The minimum Gasteiger partial charge on any atom is -0.427 e. The zero-order valence-corrected chi connectivity index (χ0v) is 17.7. The lowest BCUT2D eigenvalue weighted by molar-refractivity contribution is 0.0743. The number of halogens is 1. The number of rotatable bonds is 5. The van der Waals surface area contributed by atoms with Crippen LogP contribution in [-0.4, -0.2) is 36.5 Å². The summed E-state index contributed by atoms with van der Waals surface area (Å²) < 4.78 is 5.52. The molecule has 0 radical (unpaired) electrons. The van der Waals surface area contributed by atoms with Gasteiger partial charge in [-0.3, -0.25) is 4.79 Å². The highest BCUT2D eigenvalue weighted by Crippen LogP contribution is 2.23. The van der Waals surface area contributed by atoms with Gasteiger partial charge in [-0.15, -0.1) is 12.4 Å². The van der Waals surface area contributed by atoms with Crippen molar-refractivity contribution in [3.05, 3.63) is 69.3 Å². The summed E-state index contributed by atoms with van der Waals surface area (Å²) in [6.45, 7) is 4.20. The maximum atomic E-state index is 13.1. The molecule has 2 aromatic rings. The topological polar surface area (TPSA) is 62.6 Å². The van der Waals surface area contributed by atoms with E-state index < -0.39 is 5.63 Å². The minimum atomic E-state index is -0.496. The molecular weight excluding hydrogens is 388 g/mol. The fourth-order valence-corrected chi connectivity index (χ4v) is 4.43. The molecule has 1 amide bonds. The highest BCUT2D eigenvalue weighted by atomic mass is 35.5. The van der Waals surface area contributed by atoms with Crippen LogP contribution in [0.1, 0.15) is 46.5 Å². The summed E-state index contributed by atoms with van der Waals surface area (Å²) in [6.07, 6.45) is 4.78. The molecule has 3 aliphatic heterocycles. The number of carbonyl (C=O) groups is 1. The van der Waals surface area contributed by atoms with E-state index in [1.807, 2.05) is 36.1 Å². The molecule has 5 rings (SSSR count). The Balaban J connectivity index is 0.00000240. The van der Waals surface area contributed by atoms with Gasteiger partial charge in [-0.25, -0.2) is 4.79 Å². The second-order valence-corrected chi connectivity index (χ2v) is 8.16. The SMILES string of the molecule is Cc1cc(CCCc2ccccc2)oc(=O)c1C(=O)N1C[C@H]2CC[C@@H](C1)NC2.Cl. The number of piperidine rings is 1. The van der Waals surface area contributed by atoms with Gasteiger partial charge >= 0.3 is 5.63 Å². The lowest BCUT2D eigenvalue weighted by Crippen LogP contribution is -2.41. The van der Waals surface area contributed by atoms with Gasteiger partial charge < -0.3 is 14.6 Å². The van der Waals surface area contributed by atoms with E-state index in [1.165, 1.54) is 5.56 Å². The molecule has 2 atom stereocenters. The van der Waals surface area contributed by atoms with Gasteiger partial charge in [0, 0.05) is 25.6 Å². The van der Waals surface area contributed by atoms with E-state index in [0.717, 1.165) is 44.3 Å². The van der Waals surface area contributed by atoms with Crippen LogP contribution in [0.2, 0.25) is 0 Å². The molecular formula is C23H29ClN2O3. The Morgan fingerprint density at radius 2 is 1.97 bits per heavy atom. The Bertz CT molecular complexity index is 875. The molecule has 0 spiro atoms. The van der Waals surface area contributed by atoms with Crippen molar-refractivity contribution in [2.45, 2.75) is 45.1 Å². The summed E-state index contributed by atoms with van der Waals surface area (Å²) in [5.41, 5.74) is 1.70. The van der Waals surface area contributed by atoms with E-state index in [1.54, 1.807) is 0 Å². The maximum absolute atomic E-state index is 13.1. The molecule has 3 fully saturated rings. The van der Waals surface area contributed by atoms with Gasteiger partial charge in [0.05, 0.1) is 0 Å². The first kappa shape index (κ1) is 21.6. The van der Waals surface area contributed by atoms with Crippen LogP contribution in [-0.2, 0) is 12.8 Å². The highest BCUT2D eigenvalue weighted by molar-refractivity contribution is 5.95. The van der Waals surface area contributed by atoms with Crippen LogP contribution in [0.25, 0.3) is 0 Å². The third-order valence-electron chi connectivity index (χ3n) is 5.97. The standard InChI is InChI=1S/C23H28N2O3.ClH/c1-16-12-20(9-5-8-17-6-3-2-4-7-17)28-23(27)21(16)22(26)25-14-18-10-11-19(15-25)24-13-18;/h2-4,6-7,12,18-19,24H,5,8-11,13-15H2,1H3;1H/t18-,19-;/m0./s1. The number of amides is 1. The van der Waals surface area contributed by atoms with Crippen molar-refractivity contribution in [2.75, 3.05) is 19.6 Å². The fourth-order valence-electron chi connectivity index (χ4n) is 4.43. The summed E-state index contributed by atoms with van der Waals surface area (Å²) in [4.78, 5) is 27.5. The number of fused-ring (bicyclic) bond motifs is 4. The molecule has 3 aliphatic rings. The van der Waals surface area contributed by atoms with Crippen LogP contribution < -0.4 is 10.9 Å². The zero-order chi connectivity index (χ0) is 19.5. The number of carbonyl (C=O) groups excluding carboxylic acids is 1. The average molecular weight is 417 g/mol. The molecule has 3 saturated heterocycles. The molecule has 5 nitrogen and oxygen atoms in total. The maximum Gasteiger partial charge on any atom is 0.349 e. The molecule has 6 heteroatoms. The Morgan fingerprint density at radius 1 is 1.17 bits per heavy atom. The number of benzene rings is 1. The van der Waals surface area contributed by atoms with Gasteiger partial charge in [-0.1, -0.05) is 30.3 Å². The molecule has 4 heterocycles. The van der Waals surface area contributed by atoms with Gasteiger partial charge in [0.25, 0.3) is 5.91 Å². The number of hydrogen-bond donors (Lipinski definition) is 1. The van der Waals surface area contributed by atoms with Crippen LogP contribution in [0.15, 0.2) is 45.6 Å². The van der Waals surface area contributed by atoms with Crippen molar-refractivity contribution in [1.82, 2.24) is 10.2 Å². The Kier molecular flexibility index (Phi) is 7.14. The lowest BCUT2D eigenvalue weighted by atomic mass is 9.97. The Hall–Kier alpha value is -2.11. The lowest BCUT2D eigenvalue weighted by Gasteiger charge is -2.23. The van der Waals surface area contributed by atoms with Crippen molar-refractivity contribution >= 4 is 18.3 Å². The van der Waals surface area contributed by atoms with Crippen molar-refractivity contribution in [1.29, 1.82) is 0 Å². The normalized spacial score (nSPS) is 20.8. The van der Waals surface area contributed by atoms with Crippen molar-refractivity contribution in [3.63, 3.8) is 0 Å². The van der Waals surface area contributed by atoms with Gasteiger partial charge in [0.15, 0.2) is 0 Å². The van der Waals surface area contributed by atoms with Crippen LogP contribution in [0, 0.1) is 12.8 Å². The van der Waals surface area contributed by atoms with E-state index in [2.05, 4.69) is 17.4 Å². The summed E-state index contributed by atoms with van der Waals surface area (Å²) >= 11 is 0. The van der Waals surface area contributed by atoms with Crippen LogP contribution in [0.3, 0.4) is 0 Å². The molecule has 29 heavy (non-hydrogen) atoms. The number of nitrogens with one attached hydrogen (secondary N) is 1. The summed E-state index contributed by atoms with van der Waals surface area (Å²) in [6, 6.07) is 12.5. The van der Waals surface area contributed by atoms with Gasteiger partial charge in [0.1, 0.15) is 11.3 Å². The predicted molar refractivity (Wildman–Crippen MR) is 116 cm³/mol. The van der Waals surface area contributed by atoms with Gasteiger partial charge in [-0.2, -0.15) is 0 Å². The van der Waals surface area contributed by atoms with Crippen LogP contribution in [0.5, 0.6) is 0 Å². The summed E-state index contributed by atoms with van der Waals surface area (Å²) in [7, 11) is 0. The van der Waals surface area contributed by atoms with Crippen molar-refractivity contribution in [2.24, 2.45) is 5.92 Å². The quantitative estimate of drug-likeness (QED) is 0.811. The second kappa shape index (κ2) is 9.59. The molecule has 1 N–H and O–H groups in total. The van der Waals surface area contributed by atoms with Crippen LogP contribution >= 0.6 is 12.4 Å². The minimum absolute atomic E-state index is 0. The molecule has 156 valence electrons. The van der Waals surface area contributed by atoms with E-state index >= 15 is 0 Å². The second-order valence-electron chi connectivity index (χ2n) is 8.16. The van der Waals surface area contributed by atoms with Crippen molar-refractivity contribution < 1.29 is 9.21 Å². The van der Waals surface area contributed by atoms with E-state index in [-0.39, 0.29) is 23.9 Å². The average Bonchev–Trinajstić information content (AvgIpc) is 3.02. The smallest absolute Gasteiger partial charge is 0.349 e. The summed E-state index contributed by atoms with van der Waals surface area (Å²) in [5.74, 6) is 0.961. The molecule has 0 aliphatic carbocycles. The third-order valence-corrected chi connectivity index (χ3v) is 5.97. The monoisotopic (exact) mass is 416 g/mol.